The predicted octanol–water partition coefficient (Wildman–Crippen LogP) is 0.116. The number of carbonyl (C=O) groups excluding carboxylic acids is 1. The number of nitrogens with zero attached hydrogens (tertiary/aromatic N) is 3. The Morgan fingerprint density at radius 1 is 1.44 bits per heavy atom. The van der Waals surface area contributed by atoms with E-state index < -0.39 is 5.91 Å². The van der Waals surface area contributed by atoms with Gasteiger partial charge in [-0.05, 0) is 6.92 Å². The first kappa shape index (κ1) is 14.2. The standard InChI is InChI=1S/C11H20N6O/c1-6(2)9-14-10(16-13)7(3)11(15-9)17(4)5-8(12)18/h6H,5,13H2,1-4H3,(H2,12,18)(H,14,15,16). The zero-order chi connectivity index (χ0) is 13.9. The van der Waals surface area contributed by atoms with Gasteiger partial charge in [-0.25, -0.2) is 15.8 Å². The van der Waals surface area contributed by atoms with Crippen molar-refractivity contribution in [3.63, 3.8) is 0 Å². The molecule has 0 aliphatic carbocycles. The molecule has 18 heavy (non-hydrogen) atoms. The highest BCUT2D eigenvalue weighted by Gasteiger charge is 2.16. The van der Waals surface area contributed by atoms with Gasteiger partial charge in [0.2, 0.25) is 5.91 Å². The van der Waals surface area contributed by atoms with E-state index in [4.69, 9.17) is 11.6 Å². The Bertz CT molecular complexity index is 445. The van der Waals surface area contributed by atoms with Crippen LogP contribution in [0.15, 0.2) is 0 Å². The normalized spacial score (nSPS) is 10.6. The molecule has 100 valence electrons. The number of rotatable bonds is 5. The molecule has 0 atom stereocenters. The highest BCUT2D eigenvalue weighted by molar-refractivity contribution is 5.79. The first-order chi connectivity index (χ1) is 8.36. The first-order valence-corrected chi connectivity index (χ1v) is 5.71. The average molecular weight is 252 g/mol. The van der Waals surface area contributed by atoms with Gasteiger partial charge in [0, 0.05) is 18.5 Å². The number of aromatic nitrogens is 2. The Labute approximate surface area is 107 Å². The van der Waals surface area contributed by atoms with Crippen molar-refractivity contribution in [1.29, 1.82) is 0 Å². The summed E-state index contributed by atoms with van der Waals surface area (Å²) in [6.07, 6.45) is 0. The van der Waals surface area contributed by atoms with Gasteiger partial charge >= 0.3 is 0 Å². The fourth-order valence-electron chi connectivity index (χ4n) is 1.60. The number of hydrogen-bond donors (Lipinski definition) is 3. The van der Waals surface area contributed by atoms with E-state index >= 15 is 0 Å². The summed E-state index contributed by atoms with van der Waals surface area (Å²) in [6, 6.07) is 0. The lowest BCUT2D eigenvalue weighted by Crippen LogP contribution is -2.32. The minimum absolute atomic E-state index is 0.0966. The van der Waals surface area contributed by atoms with E-state index in [0.29, 0.717) is 17.5 Å². The van der Waals surface area contributed by atoms with Crippen LogP contribution in [-0.4, -0.2) is 29.5 Å². The van der Waals surface area contributed by atoms with Crippen LogP contribution in [0.4, 0.5) is 11.6 Å². The summed E-state index contributed by atoms with van der Waals surface area (Å²) in [5, 5.41) is 0. The minimum atomic E-state index is -0.413. The van der Waals surface area contributed by atoms with Crippen molar-refractivity contribution >= 4 is 17.5 Å². The molecule has 0 aromatic carbocycles. The zero-order valence-electron chi connectivity index (χ0n) is 11.2. The number of likely N-dealkylation sites (N-methyl/N-ethyl adjacent to an activating group) is 1. The molecule has 0 fully saturated rings. The molecule has 7 nitrogen and oxygen atoms in total. The molecule has 1 amide bonds. The molecule has 1 heterocycles. The third kappa shape index (κ3) is 3.07. The molecular weight excluding hydrogens is 232 g/mol. The molecule has 0 unspecified atom stereocenters. The summed E-state index contributed by atoms with van der Waals surface area (Å²) in [5.41, 5.74) is 8.51. The second-order valence-corrected chi connectivity index (χ2v) is 4.50. The Morgan fingerprint density at radius 2 is 2.06 bits per heavy atom. The number of carbonyl (C=O) groups is 1. The van der Waals surface area contributed by atoms with Crippen molar-refractivity contribution in [1.82, 2.24) is 9.97 Å². The molecule has 0 bridgehead atoms. The molecular formula is C11H20N6O. The highest BCUT2D eigenvalue weighted by Crippen LogP contribution is 2.24. The average Bonchev–Trinajstić information content (AvgIpc) is 2.27. The molecule has 0 aliphatic rings. The van der Waals surface area contributed by atoms with Crippen molar-refractivity contribution in [2.24, 2.45) is 11.6 Å². The molecule has 0 saturated carbocycles. The Hall–Kier alpha value is -1.89. The van der Waals surface area contributed by atoms with Gasteiger partial charge < -0.3 is 16.1 Å². The maximum absolute atomic E-state index is 11.0. The van der Waals surface area contributed by atoms with Crippen LogP contribution in [0.3, 0.4) is 0 Å². The summed E-state index contributed by atoms with van der Waals surface area (Å²) in [4.78, 5) is 21.4. The molecule has 7 heteroatoms. The number of hydrazine groups is 1. The third-order valence-corrected chi connectivity index (χ3v) is 2.55. The van der Waals surface area contributed by atoms with Crippen LogP contribution in [0.25, 0.3) is 0 Å². The first-order valence-electron chi connectivity index (χ1n) is 5.71. The molecule has 1 aromatic heterocycles. The predicted molar refractivity (Wildman–Crippen MR) is 71.1 cm³/mol. The molecule has 1 aromatic rings. The second-order valence-electron chi connectivity index (χ2n) is 4.50. The van der Waals surface area contributed by atoms with E-state index in [1.165, 1.54) is 0 Å². The number of anilines is 2. The number of nitrogens with one attached hydrogen (secondary N) is 1. The van der Waals surface area contributed by atoms with E-state index in [9.17, 15) is 4.79 Å². The summed E-state index contributed by atoms with van der Waals surface area (Å²) in [6.45, 7) is 5.91. The summed E-state index contributed by atoms with van der Waals surface area (Å²) >= 11 is 0. The van der Waals surface area contributed by atoms with E-state index in [2.05, 4.69) is 15.4 Å². The topological polar surface area (TPSA) is 110 Å². The van der Waals surface area contributed by atoms with E-state index in [1.807, 2.05) is 20.8 Å². The van der Waals surface area contributed by atoms with Gasteiger partial charge in [-0.2, -0.15) is 0 Å². The van der Waals surface area contributed by atoms with Crippen LogP contribution < -0.4 is 21.9 Å². The Morgan fingerprint density at radius 3 is 2.50 bits per heavy atom. The molecule has 0 saturated heterocycles. The van der Waals surface area contributed by atoms with Gasteiger partial charge in [0.15, 0.2) is 0 Å². The molecule has 5 N–H and O–H groups in total. The van der Waals surface area contributed by atoms with Crippen molar-refractivity contribution in [3.8, 4) is 0 Å². The van der Waals surface area contributed by atoms with Crippen LogP contribution in [0.5, 0.6) is 0 Å². The second kappa shape index (κ2) is 5.63. The molecule has 1 rings (SSSR count). The van der Waals surface area contributed by atoms with Gasteiger partial charge in [0.25, 0.3) is 0 Å². The van der Waals surface area contributed by atoms with E-state index in [-0.39, 0.29) is 12.5 Å². The minimum Gasteiger partial charge on any atom is -0.368 e. The van der Waals surface area contributed by atoms with Gasteiger partial charge in [-0.15, -0.1) is 0 Å². The molecule has 0 spiro atoms. The SMILES string of the molecule is Cc1c(NN)nc(C(C)C)nc1N(C)CC(N)=O. The fraction of sp³-hybridized carbons (Fsp3) is 0.545. The van der Waals surface area contributed by atoms with Crippen LogP contribution in [0.1, 0.15) is 31.2 Å². The maximum atomic E-state index is 11.0. The van der Waals surface area contributed by atoms with Crippen LogP contribution in [0.2, 0.25) is 0 Å². The number of hydrogen-bond acceptors (Lipinski definition) is 6. The Kier molecular flexibility index (Phi) is 4.43. The van der Waals surface area contributed by atoms with E-state index in [0.717, 1.165) is 5.56 Å². The van der Waals surface area contributed by atoms with E-state index in [1.54, 1.807) is 11.9 Å². The number of nitrogen functional groups attached to an aromatic ring is 1. The maximum Gasteiger partial charge on any atom is 0.236 e. The monoisotopic (exact) mass is 252 g/mol. The quantitative estimate of drug-likeness (QED) is 0.507. The van der Waals surface area contributed by atoms with Crippen molar-refractivity contribution in [3.05, 3.63) is 11.4 Å². The van der Waals surface area contributed by atoms with Crippen LogP contribution in [-0.2, 0) is 4.79 Å². The smallest absolute Gasteiger partial charge is 0.236 e. The number of nitrogens with two attached hydrogens (primary N) is 2. The largest absolute Gasteiger partial charge is 0.368 e. The van der Waals surface area contributed by atoms with Gasteiger partial charge in [0.1, 0.15) is 17.5 Å². The van der Waals surface area contributed by atoms with Crippen LogP contribution >= 0.6 is 0 Å². The molecule has 0 aliphatic heterocycles. The Balaban J connectivity index is 3.23. The number of amides is 1. The summed E-state index contributed by atoms with van der Waals surface area (Å²) < 4.78 is 0. The summed E-state index contributed by atoms with van der Waals surface area (Å²) in [5.74, 6) is 7.07. The van der Waals surface area contributed by atoms with Crippen molar-refractivity contribution in [2.45, 2.75) is 26.7 Å². The highest BCUT2D eigenvalue weighted by atomic mass is 16.1. The van der Waals surface area contributed by atoms with Crippen LogP contribution in [0, 0.1) is 6.92 Å². The lowest BCUT2D eigenvalue weighted by Gasteiger charge is -2.21. The van der Waals surface area contributed by atoms with Gasteiger partial charge in [-0.3, -0.25) is 4.79 Å². The van der Waals surface area contributed by atoms with Gasteiger partial charge in [0.05, 0.1) is 6.54 Å². The number of primary amides is 1. The lowest BCUT2D eigenvalue weighted by atomic mass is 10.2. The zero-order valence-corrected chi connectivity index (χ0v) is 11.2. The lowest BCUT2D eigenvalue weighted by molar-refractivity contribution is -0.116. The van der Waals surface area contributed by atoms with Crippen molar-refractivity contribution in [2.75, 3.05) is 23.9 Å². The van der Waals surface area contributed by atoms with Gasteiger partial charge in [-0.1, -0.05) is 13.8 Å². The summed E-state index contributed by atoms with van der Waals surface area (Å²) in [7, 11) is 1.75. The third-order valence-electron chi connectivity index (χ3n) is 2.55. The van der Waals surface area contributed by atoms with Crippen molar-refractivity contribution < 1.29 is 4.79 Å². The fourth-order valence-corrected chi connectivity index (χ4v) is 1.60. The molecule has 0 radical (unpaired) electrons.